The molecule has 1 aromatic carbocycles. The number of urea groups is 1. The minimum Gasteiger partial charge on any atom is -0.495 e. The predicted octanol–water partition coefficient (Wildman–Crippen LogP) is 1.80. The highest BCUT2D eigenvalue weighted by Crippen LogP contribution is 2.22. The van der Waals surface area contributed by atoms with Gasteiger partial charge in [-0.2, -0.15) is 0 Å². The van der Waals surface area contributed by atoms with E-state index in [1.54, 1.807) is 19.2 Å². The lowest BCUT2D eigenvalue weighted by atomic mass is 10.1. The maximum Gasteiger partial charge on any atom is 0.319 e. The lowest BCUT2D eigenvalue weighted by Crippen LogP contribution is -2.42. The Kier molecular flexibility index (Phi) is 5.45. The molecule has 0 bridgehead atoms. The summed E-state index contributed by atoms with van der Waals surface area (Å²) in [6.45, 7) is 4.48. The summed E-state index contributed by atoms with van der Waals surface area (Å²) in [6, 6.07) is 6.91. The second kappa shape index (κ2) is 6.86. The first-order valence-corrected chi connectivity index (χ1v) is 5.98. The highest BCUT2D eigenvalue weighted by atomic mass is 16.5. The standard InChI is InChI=1S/C13H21N3O2/c1-9(2)10(14)8-15-13(17)16-11-6-4-5-7-12(11)18-3/h4-7,9-10H,8,14H2,1-3H3,(H2,15,16,17). The van der Waals surface area contributed by atoms with Crippen molar-refractivity contribution >= 4 is 11.7 Å². The number of carbonyl (C=O) groups is 1. The summed E-state index contributed by atoms with van der Waals surface area (Å²) in [7, 11) is 1.56. The Balaban J connectivity index is 2.49. The van der Waals surface area contributed by atoms with Crippen molar-refractivity contribution in [1.82, 2.24) is 5.32 Å². The third-order valence-electron chi connectivity index (χ3n) is 2.71. The zero-order valence-electron chi connectivity index (χ0n) is 11.1. The van der Waals surface area contributed by atoms with Gasteiger partial charge in [-0.05, 0) is 18.1 Å². The van der Waals surface area contributed by atoms with E-state index in [4.69, 9.17) is 10.5 Å². The molecule has 5 heteroatoms. The van der Waals surface area contributed by atoms with Crippen molar-refractivity contribution in [2.75, 3.05) is 19.0 Å². The number of carbonyl (C=O) groups excluding carboxylic acids is 1. The van der Waals surface area contributed by atoms with Crippen LogP contribution in [-0.4, -0.2) is 25.7 Å². The Morgan fingerprint density at radius 1 is 1.39 bits per heavy atom. The van der Waals surface area contributed by atoms with Crippen LogP contribution in [0.3, 0.4) is 0 Å². The molecule has 4 N–H and O–H groups in total. The molecule has 100 valence electrons. The molecule has 1 unspecified atom stereocenters. The van der Waals surface area contributed by atoms with Crippen molar-refractivity contribution in [2.24, 2.45) is 11.7 Å². The highest BCUT2D eigenvalue weighted by Gasteiger charge is 2.10. The summed E-state index contributed by atoms with van der Waals surface area (Å²) in [6.07, 6.45) is 0. The molecule has 0 saturated carbocycles. The van der Waals surface area contributed by atoms with Gasteiger partial charge in [0.05, 0.1) is 12.8 Å². The van der Waals surface area contributed by atoms with Gasteiger partial charge < -0.3 is 21.1 Å². The van der Waals surface area contributed by atoms with E-state index in [9.17, 15) is 4.79 Å². The fourth-order valence-corrected chi connectivity index (χ4v) is 1.36. The molecule has 0 radical (unpaired) electrons. The quantitative estimate of drug-likeness (QED) is 0.747. The minimum absolute atomic E-state index is 0.0478. The lowest BCUT2D eigenvalue weighted by Gasteiger charge is -2.17. The Bertz CT molecular complexity index is 394. The molecule has 0 aliphatic rings. The maximum absolute atomic E-state index is 11.7. The molecule has 0 aliphatic carbocycles. The molecular weight excluding hydrogens is 230 g/mol. The van der Waals surface area contributed by atoms with Crippen LogP contribution in [-0.2, 0) is 0 Å². The summed E-state index contributed by atoms with van der Waals surface area (Å²) < 4.78 is 5.14. The minimum atomic E-state index is -0.282. The molecular formula is C13H21N3O2. The van der Waals surface area contributed by atoms with E-state index in [1.807, 2.05) is 26.0 Å². The molecule has 0 saturated heterocycles. The van der Waals surface area contributed by atoms with E-state index in [0.717, 1.165) is 0 Å². The van der Waals surface area contributed by atoms with E-state index >= 15 is 0 Å². The van der Waals surface area contributed by atoms with Crippen molar-refractivity contribution in [3.63, 3.8) is 0 Å². The van der Waals surface area contributed by atoms with Gasteiger partial charge >= 0.3 is 6.03 Å². The van der Waals surface area contributed by atoms with Gasteiger partial charge in [-0.3, -0.25) is 0 Å². The maximum atomic E-state index is 11.7. The number of methoxy groups -OCH3 is 1. The van der Waals surface area contributed by atoms with E-state index in [-0.39, 0.29) is 12.1 Å². The van der Waals surface area contributed by atoms with E-state index < -0.39 is 0 Å². The number of nitrogens with one attached hydrogen (secondary N) is 2. The molecule has 2 amide bonds. The van der Waals surface area contributed by atoms with Crippen molar-refractivity contribution in [3.8, 4) is 5.75 Å². The van der Waals surface area contributed by atoms with Gasteiger partial charge in [0.1, 0.15) is 5.75 Å². The number of amides is 2. The summed E-state index contributed by atoms with van der Waals surface area (Å²) in [5, 5.41) is 5.46. The molecule has 1 atom stereocenters. The number of anilines is 1. The fourth-order valence-electron chi connectivity index (χ4n) is 1.36. The predicted molar refractivity (Wildman–Crippen MR) is 72.8 cm³/mol. The largest absolute Gasteiger partial charge is 0.495 e. The third kappa shape index (κ3) is 4.25. The summed E-state index contributed by atoms with van der Waals surface area (Å²) >= 11 is 0. The van der Waals surface area contributed by atoms with Crippen LogP contribution in [0, 0.1) is 5.92 Å². The monoisotopic (exact) mass is 251 g/mol. The smallest absolute Gasteiger partial charge is 0.319 e. The molecule has 18 heavy (non-hydrogen) atoms. The zero-order chi connectivity index (χ0) is 13.5. The first-order chi connectivity index (χ1) is 8.54. The van der Waals surface area contributed by atoms with Gasteiger partial charge in [-0.25, -0.2) is 4.79 Å². The Hall–Kier alpha value is -1.75. The second-order valence-electron chi connectivity index (χ2n) is 4.44. The molecule has 1 rings (SSSR count). The Morgan fingerprint density at radius 3 is 2.67 bits per heavy atom. The first kappa shape index (κ1) is 14.3. The molecule has 0 heterocycles. The second-order valence-corrected chi connectivity index (χ2v) is 4.44. The normalized spacial score (nSPS) is 12.1. The van der Waals surface area contributed by atoms with Crippen molar-refractivity contribution in [3.05, 3.63) is 24.3 Å². The highest BCUT2D eigenvalue weighted by molar-refractivity contribution is 5.90. The van der Waals surface area contributed by atoms with Crippen LogP contribution >= 0.6 is 0 Å². The first-order valence-electron chi connectivity index (χ1n) is 5.98. The van der Waals surface area contributed by atoms with Gasteiger partial charge in [-0.15, -0.1) is 0 Å². The van der Waals surface area contributed by atoms with Crippen LogP contribution in [0.5, 0.6) is 5.75 Å². The van der Waals surface area contributed by atoms with Crippen molar-refractivity contribution in [1.29, 1.82) is 0 Å². The van der Waals surface area contributed by atoms with Crippen LogP contribution in [0.25, 0.3) is 0 Å². The van der Waals surface area contributed by atoms with Gasteiger partial charge in [0.15, 0.2) is 0 Å². The van der Waals surface area contributed by atoms with Crippen LogP contribution < -0.4 is 21.1 Å². The van der Waals surface area contributed by atoms with Crippen LogP contribution in [0.4, 0.5) is 10.5 Å². The fraction of sp³-hybridized carbons (Fsp3) is 0.462. The molecule has 0 aliphatic heterocycles. The summed E-state index contributed by atoms with van der Waals surface area (Å²) in [5.74, 6) is 0.956. The number of hydrogen-bond donors (Lipinski definition) is 3. The van der Waals surface area contributed by atoms with Gasteiger partial charge in [0.2, 0.25) is 0 Å². The number of ether oxygens (including phenoxy) is 1. The number of hydrogen-bond acceptors (Lipinski definition) is 3. The van der Waals surface area contributed by atoms with E-state index in [1.165, 1.54) is 0 Å². The third-order valence-corrected chi connectivity index (χ3v) is 2.71. The number of benzene rings is 1. The number of rotatable bonds is 5. The van der Waals surface area contributed by atoms with Gasteiger partial charge in [0, 0.05) is 12.6 Å². The molecule has 0 spiro atoms. The average molecular weight is 251 g/mol. The van der Waals surface area contributed by atoms with Crippen LogP contribution in [0.1, 0.15) is 13.8 Å². The van der Waals surface area contributed by atoms with Crippen molar-refractivity contribution in [2.45, 2.75) is 19.9 Å². The van der Waals surface area contributed by atoms with E-state index in [0.29, 0.717) is 23.9 Å². The van der Waals surface area contributed by atoms with E-state index in [2.05, 4.69) is 10.6 Å². The van der Waals surface area contributed by atoms with Gasteiger partial charge in [0.25, 0.3) is 0 Å². The summed E-state index contributed by atoms with van der Waals surface area (Å²) in [4.78, 5) is 11.7. The van der Waals surface area contributed by atoms with Crippen LogP contribution in [0.2, 0.25) is 0 Å². The zero-order valence-corrected chi connectivity index (χ0v) is 11.1. The topological polar surface area (TPSA) is 76.4 Å². The number of para-hydroxylation sites is 2. The molecule has 5 nitrogen and oxygen atoms in total. The lowest BCUT2D eigenvalue weighted by molar-refractivity contribution is 0.250. The molecule has 0 fully saturated rings. The number of nitrogens with two attached hydrogens (primary N) is 1. The Morgan fingerprint density at radius 2 is 2.06 bits per heavy atom. The van der Waals surface area contributed by atoms with Crippen molar-refractivity contribution < 1.29 is 9.53 Å². The van der Waals surface area contributed by atoms with Gasteiger partial charge in [-0.1, -0.05) is 26.0 Å². The Labute approximate surface area is 108 Å². The SMILES string of the molecule is COc1ccccc1NC(=O)NCC(N)C(C)C. The molecule has 1 aromatic rings. The van der Waals surface area contributed by atoms with Crippen LogP contribution in [0.15, 0.2) is 24.3 Å². The average Bonchev–Trinajstić information content (AvgIpc) is 2.36. The summed E-state index contributed by atoms with van der Waals surface area (Å²) in [5.41, 5.74) is 6.48. The molecule has 0 aromatic heterocycles.